The molecule has 0 fully saturated rings. The van der Waals surface area contributed by atoms with Crippen molar-refractivity contribution in [2.24, 2.45) is 0 Å². The van der Waals surface area contributed by atoms with Crippen LogP contribution in [0.5, 0.6) is 11.5 Å². The second kappa shape index (κ2) is 6.42. The summed E-state index contributed by atoms with van der Waals surface area (Å²) in [7, 11) is 1.20. The first-order valence-corrected chi connectivity index (χ1v) is 6.05. The molecule has 6 nitrogen and oxygen atoms in total. The van der Waals surface area contributed by atoms with Crippen LogP contribution in [0.2, 0.25) is 0 Å². The van der Waals surface area contributed by atoms with Crippen LogP contribution in [-0.4, -0.2) is 24.3 Å². The summed E-state index contributed by atoms with van der Waals surface area (Å²) in [5.74, 6) is -0.543. The Bertz CT molecular complexity index is 654. The number of methoxy groups -OCH3 is 1. The van der Waals surface area contributed by atoms with E-state index in [0.717, 1.165) is 0 Å². The summed E-state index contributed by atoms with van der Waals surface area (Å²) in [6, 6.07) is 12.6. The smallest absolute Gasteiger partial charge is 0.417 e. The minimum Gasteiger partial charge on any atom is -0.507 e. The Morgan fingerprint density at radius 1 is 1.10 bits per heavy atom. The van der Waals surface area contributed by atoms with E-state index in [1.807, 2.05) is 0 Å². The molecule has 0 unspecified atom stereocenters. The van der Waals surface area contributed by atoms with Gasteiger partial charge in [-0.3, -0.25) is 5.32 Å². The topological polar surface area (TPSA) is 84.9 Å². The van der Waals surface area contributed by atoms with Gasteiger partial charge in [0.2, 0.25) is 0 Å². The first-order valence-electron chi connectivity index (χ1n) is 6.05. The van der Waals surface area contributed by atoms with E-state index in [-0.39, 0.29) is 11.3 Å². The van der Waals surface area contributed by atoms with Crippen molar-refractivity contribution in [3.8, 4) is 11.5 Å². The van der Waals surface area contributed by atoms with Gasteiger partial charge in [0.05, 0.1) is 7.11 Å². The number of benzene rings is 2. The third-order valence-electron chi connectivity index (χ3n) is 2.60. The lowest BCUT2D eigenvalue weighted by Crippen LogP contribution is -2.17. The molecule has 0 atom stereocenters. The van der Waals surface area contributed by atoms with Crippen molar-refractivity contribution in [1.29, 1.82) is 0 Å². The number of amides is 1. The van der Waals surface area contributed by atoms with E-state index in [9.17, 15) is 14.7 Å². The first-order chi connectivity index (χ1) is 10.1. The molecule has 0 bridgehead atoms. The third-order valence-corrected chi connectivity index (χ3v) is 2.60. The standard InChI is InChI=1S/C15H13NO5/c1-20-14(18)12-9-10(7-8-13(12)17)16-15(19)21-11-5-3-2-4-6-11/h2-9,17H,1H3,(H,16,19). The molecule has 0 saturated carbocycles. The van der Waals surface area contributed by atoms with Crippen LogP contribution in [0.25, 0.3) is 0 Å². The van der Waals surface area contributed by atoms with Crippen molar-refractivity contribution < 1.29 is 24.2 Å². The van der Waals surface area contributed by atoms with E-state index < -0.39 is 12.1 Å². The summed E-state index contributed by atoms with van der Waals surface area (Å²) >= 11 is 0. The van der Waals surface area contributed by atoms with Crippen molar-refractivity contribution in [1.82, 2.24) is 0 Å². The number of esters is 1. The van der Waals surface area contributed by atoms with Crippen LogP contribution in [-0.2, 0) is 4.74 Å². The number of hydrogen-bond donors (Lipinski definition) is 2. The van der Waals surface area contributed by atoms with Crippen LogP contribution in [0.15, 0.2) is 48.5 Å². The predicted octanol–water partition coefficient (Wildman–Crippen LogP) is 2.79. The van der Waals surface area contributed by atoms with Crippen LogP contribution in [0.1, 0.15) is 10.4 Å². The van der Waals surface area contributed by atoms with Crippen LogP contribution >= 0.6 is 0 Å². The Labute approximate surface area is 120 Å². The Balaban J connectivity index is 2.09. The number of aromatic hydroxyl groups is 1. The zero-order chi connectivity index (χ0) is 15.2. The van der Waals surface area contributed by atoms with E-state index in [4.69, 9.17) is 4.74 Å². The fraction of sp³-hybridized carbons (Fsp3) is 0.0667. The number of nitrogens with one attached hydrogen (secondary N) is 1. The lowest BCUT2D eigenvalue weighted by molar-refractivity contribution is 0.0597. The lowest BCUT2D eigenvalue weighted by atomic mass is 10.2. The maximum Gasteiger partial charge on any atom is 0.417 e. The van der Waals surface area contributed by atoms with Gasteiger partial charge in [-0.15, -0.1) is 0 Å². The highest BCUT2D eigenvalue weighted by Gasteiger charge is 2.13. The van der Waals surface area contributed by atoms with Crippen molar-refractivity contribution in [3.63, 3.8) is 0 Å². The molecule has 0 radical (unpaired) electrons. The molecule has 21 heavy (non-hydrogen) atoms. The van der Waals surface area contributed by atoms with Crippen LogP contribution in [0.3, 0.4) is 0 Å². The highest BCUT2D eigenvalue weighted by molar-refractivity contribution is 5.95. The molecule has 2 aromatic carbocycles. The van der Waals surface area contributed by atoms with Gasteiger partial charge in [-0.05, 0) is 30.3 Å². The molecule has 0 heterocycles. The van der Waals surface area contributed by atoms with Crippen molar-refractivity contribution >= 4 is 17.7 Å². The van der Waals surface area contributed by atoms with E-state index in [1.165, 1.54) is 25.3 Å². The molecular weight excluding hydrogens is 274 g/mol. The Hall–Kier alpha value is -3.02. The number of phenolic OH excluding ortho intramolecular Hbond substituents is 1. The van der Waals surface area contributed by atoms with Gasteiger partial charge >= 0.3 is 12.1 Å². The second-order valence-corrected chi connectivity index (χ2v) is 4.05. The Kier molecular flexibility index (Phi) is 4.40. The van der Waals surface area contributed by atoms with E-state index in [1.54, 1.807) is 30.3 Å². The van der Waals surface area contributed by atoms with Gasteiger partial charge < -0.3 is 14.6 Å². The van der Waals surface area contributed by atoms with Gasteiger partial charge in [0.15, 0.2) is 0 Å². The van der Waals surface area contributed by atoms with E-state index >= 15 is 0 Å². The SMILES string of the molecule is COC(=O)c1cc(NC(=O)Oc2ccccc2)ccc1O. The van der Waals surface area contributed by atoms with Crippen molar-refractivity contribution in [2.45, 2.75) is 0 Å². The second-order valence-electron chi connectivity index (χ2n) is 4.05. The molecule has 1 amide bonds. The van der Waals surface area contributed by atoms with Gasteiger partial charge in [-0.1, -0.05) is 18.2 Å². The Morgan fingerprint density at radius 2 is 1.81 bits per heavy atom. The maximum atomic E-state index is 11.7. The number of ether oxygens (including phenoxy) is 2. The van der Waals surface area contributed by atoms with Crippen molar-refractivity contribution in [2.75, 3.05) is 12.4 Å². The summed E-state index contributed by atoms with van der Waals surface area (Å²) in [5.41, 5.74) is 0.254. The summed E-state index contributed by atoms with van der Waals surface area (Å²) in [4.78, 5) is 23.1. The lowest BCUT2D eigenvalue weighted by Gasteiger charge is -2.08. The average molecular weight is 287 g/mol. The molecule has 6 heteroatoms. The maximum absolute atomic E-state index is 11.7. The van der Waals surface area contributed by atoms with Gasteiger partial charge in [0.25, 0.3) is 0 Å². The minimum absolute atomic E-state index is 0.0463. The number of carbonyl (C=O) groups excluding carboxylic acids is 2. The molecule has 0 saturated heterocycles. The number of hydrogen-bond acceptors (Lipinski definition) is 5. The number of carbonyl (C=O) groups is 2. The van der Waals surface area contributed by atoms with Crippen LogP contribution in [0, 0.1) is 0 Å². The van der Waals surface area contributed by atoms with Crippen molar-refractivity contribution in [3.05, 3.63) is 54.1 Å². The largest absolute Gasteiger partial charge is 0.507 e. The fourth-order valence-electron chi connectivity index (χ4n) is 1.63. The van der Waals surface area contributed by atoms with Gasteiger partial charge in [0.1, 0.15) is 17.1 Å². The fourth-order valence-corrected chi connectivity index (χ4v) is 1.63. The predicted molar refractivity (Wildman–Crippen MR) is 75.5 cm³/mol. The molecule has 108 valence electrons. The molecule has 2 rings (SSSR count). The van der Waals surface area contributed by atoms with Gasteiger partial charge in [0, 0.05) is 5.69 Å². The van der Waals surface area contributed by atoms with E-state index in [2.05, 4.69) is 10.1 Å². The number of anilines is 1. The molecule has 0 aliphatic rings. The first kappa shape index (κ1) is 14.4. The molecule has 2 aromatic rings. The highest BCUT2D eigenvalue weighted by Crippen LogP contribution is 2.22. The monoisotopic (exact) mass is 287 g/mol. The quantitative estimate of drug-likeness (QED) is 0.669. The zero-order valence-corrected chi connectivity index (χ0v) is 11.2. The number of para-hydroxylation sites is 1. The minimum atomic E-state index is -0.706. The molecular formula is C15H13NO5. The normalized spacial score (nSPS) is 9.76. The average Bonchev–Trinajstić information content (AvgIpc) is 2.49. The molecule has 0 aliphatic heterocycles. The highest BCUT2D eigenvalue weighted by atomic mass is 16.6. The van der Waals surface area contributed by atoms with Gasteiger partial charge in [-0.2, -0.15) is 0 Å². The Morgan fingerprint density at radius 3 is 2.48 bits per heavy atom. The number of phenols is 1. The summed E-state index contributed by atoms with van der Waals surface area (Å²) in [5, 5.41) is 12.0. The summed E-state index contributed by atoms with van der Waals surface area (Å²) in [6.07, 6.45) is -0.706. The molecule has 0 aromatic heterocycles. The summed E-state index contributed by atoms with van der Waals surface area (Å²) in [6.45, 7) is 0. The van der Waals surface area contributed by atoms with Crippen LogP contribution in [0.4, 0.5) is 10.5 Å². The third kappa shape index (κ3) is 3.73. The molecule has 2 N–H and O–H groups in total. The van der Waals surface area contributed by atoms with E-state index in [0.29, 0.717) is 11.4 Å². The van der Waals surface area contributed by atoms with Crippen LogP contribution < -0.4 is 10.1 Å². The number of rotatable bonds is 3. The van der Waals surface area contributed by atoms with Gasteiger partial charge in [-0.25, -0.2) is 9.59 Å². The molecule has 0 aliphatic carbocycles. The molecule has 0 spiro atoms. The zero-order valence-electron chi connectivity index (χ0n) is 11.2. The summed E-state index contributed by atoms with van der Waals surface area (Å²) < 4.78 is 9.58.